The summed E-state index contributed by atoms with van der Waals surface area (Å²) < 4.78 is 5.02. The van der Waals surface area contributed by atoms with Gasteiger partial charge in [0.25, 0.3) is 0 Å². The van der Waals surface area contributed by atoms with Crippen molar-refractivity contribution in [2.75, 3.05) is 26.2 Å². The lowest BCUT2D eigenvalue weighted by molar-refractivity contribution is -0.138. The first kappa shape index (κ1) is 18.2. The number of nitrogens with zero attached hydrogens (tertiary/aromatic N) is 5. The Bertz CT molecular complexity index is 693. The van der Waals surface area contributed by atoms with Gasteiger partial charge in [0.05, 0.1) is 6.67 Å². The van der Waals surface area contributed by atoms with Crippen molar-refractivity contribution >= 4 is 18.1 Å². The van der Waals surface area contributed by atoms with Crippen molar-refractivity contribution in [2.24, 2.45) is 5.92 Å². The summed E-state index contributed by atoms with van der Waals surface area (Å²) in [4.78, 5) is 17.2. The van der Waals surface area contributed by atoms with Gasteiger partial charge in [-0.05, 0) is 44.8 Å². The average molecular weight is 378 g/mol. The first-order valence-corrected chi connectivity index (χ1v) is 10.8. The SMILES string of the molecule is CCn1c(C2CC2)nn(CN2CCN(C(=O)C3CCCCC3)CC2)c1=S. The van der Waals surface area contributed by atoms with Gasteiger partial charge >= 0.3 is 0 Å². The van der Waals surface area contributed by atoms with Gasteiger partial charge in [-0.3, -0.25) is 9.69 Å². The van der Waals surface area contributed by atoms with Gasteiger partial charge in [0.1, 0.15) is 5.82 Å². The molecule has 1 aromatic rings. The molecule has 2 heterocycles. The van der Waals surface area contributed by atoms with Gasteiger partial charge in [-0.2, -0.15) is 5.10 Å². The molecule has 0 N–H and O–H groups in total. The van der Waals surface area contributed by atoms with E-state index in [9.17, 15) is 4.79 Å². The molecule has 4 rings (SSSR count). The van der Waals surface area contributed by atoms with Crippen molar-refractivity contribution in [3.8, 4) is 0 Å². The van der Waals surface area contributed by atoms with Crippen LogP contribution in [0.3, 0.4) is 0 Å². The second-order valence-electron chi connectivity index (χ2n) is 8.08. The molecule has 0 radical (unpaired) electrons. The van der Waals surface area contributed by atoms with Crippen LogP contribution in [0.1, 0.15) is 63.6 Å². The van der Waals surface area contributed by atoms with Crippen LogP contribution in [0.2, 0.25) is 0 Å². The monoisotopic (exact) mass is 377 g/mol. The van der Waals surface area contributed by atoms with E-state index in [2.05, 4.69) is 21.3 Å². The molecule has 6 nitrogen and oxygen atoms in total. The number of hydrogen-bond acceptors (Lipinski definition) is 4. The van der Waals surface area contributed by atoms with Gasteiger partial charge in [0, 0.05) is 44.6 Å². The fourth-order valence-corrected chi connectivity index (χ4v) is 4.72. The minimum absolute atomic E-state index is 0.283. The summed E-state index contributed by atoms with van der Waals surface area (Å²) in [6.45, 7) is 7.30. The fourth-order valence-electron chi connectivity index (χ4n) is 4.40. The van der Waals surface area contributed by atoms with Crippen LogP contribution in [0.4, 0.5) is 0 Å². The van der Waals surface area contributed by atoms with E-state index >= 15 is 0 Å². The Labute approximate surface area is 161 Å². The second kappa shape index (κ2) is 7.80. The molecule has 7 heteroatoms. The summed E-state index contributed by atoms with van der Waals surface area (Å²) in [5.41, 5.74) is 0. The fraction of sp³-hybridized carbons (Fsp3) is 0.842. The molecular weight excluding hydrogens is 346 g/mol. The Morgan fingerprint density at radius 1 is 1.08 bits per heavy atom. The Hall–Kier alpha value is -1.21. The molecule has 1 aromatic heterocycles. The van der Waals surface area contributed by atoms with E-state index in [1.807, 2.05) is 4.68 Å². The third-order valence-corrected chi connectivity index (χ3v) is 6.61. The van der Waals surface area contributed by atoms with Crippen molar-refractivity contribution < 1.29 is 4.79 Å². The van der Waals surface area contributed by atoms with Crippen molar-refractivity contribution in [1.29, 1.82) is 0 Å². The predicted molar refractivity (Wildman–Crippen MR) is 103 cm³/mol. The average Bonchev–Trinajstić information content (AvgIpc) is 3.48. The van der Waals surface area contributed by atoms with E-state index in [0.29, 0.717) is 11.8 Å². The normalized spacial score (nSPS) is 22.7. The highest BCUT2D eigenvalue weighted by atomic mass is 32.1. The lowest BCUT2D eigenvalue weighted by Gasteiger charge is -2.36. The Kier molecular flexibility index (Phi) is 5.45. The summed E-state index contributed by atoms with van der Waals surface area (Å²) in [7, 11) is 0. The van der Waals surface area contributed by atoms with Crippen LogP contribution in [0.15, 0.2) is 0 Å². The molecule has 3 fully saturated rings. The lowest BCUT2D eigenvalue weighted by Crippen LogP contribution is -2.50. The molecule has 0 aromatic carbocycles. The Morgan fingerprint density at radius 3 is 2.38 bits per heavy atom. The number of carbonyl (C=O) groups is 1. The van der Waals surface area contributed by atoms with E-state index in [1.165, 1.54) is 37.9 Å². The Balaban J connectivity index is 1.34. The third kappa shape index (κ3) is 3.74. The Morgan fingerprint density at radius 2 is 1.77 bits per heavy atom. The van der Waals surface area contributed by atoms with Crippen molar-refractivity contribution in [3.05, 3.63) is 10.6 Å². The number of amides is 1. The highest BCUT2D eigenvalue weighted by Gasteiger charge is 2.31. The van der Waals surface area contributed by atoms with Crippen LogP contribution in [0.5, 0.6) is 0 Å². The highest BCUT2D eigenvalue weighted by Crippen LogP contribution is 2.39. The largest absolute Gasteiger partial charge is 0.340 e. The van der Waals surface area contributed by atoms with Crippen LogP contribution in [0.25, 0.3) is 0 Å². The molecule has 0 atom stereocenters. The molecule has 0 bridgehead atoms. The molecule has 1 aliphatic heterocycles. The van der Waals surface area contributed by atoms with Gasteiger partial charge in [0.15, 0.2) is 4.77 Å². The zero-order valence-corrected chi connectivity index (χ0v) is 16.7. The summed E-state index contributed by atoms with van der Waals surface area (Å²) in [5, 5.41) is 4.82. The molecule has 2 aliphatic carbocycles. The maximum Gasteiger partial charge on any atom is 0.225 e. The zero-order chi connectivity index (χ0) is 18.1. The topological polar surface area (TPSA) is 46.3 Å². The van der Waals surface area contributed by atoms with Crippen LogP contribution in [-0.2, 0) is 18.0 Å². The van der Waals surface area contributed by atoms with Crippen LogP contribution < -0.4 is 0 Å². The molecule has 0 unspecified atom stereocenters. The summed E-state index contributed by atoms with van der Waals surface area (Å²) in [6.07, 6.45) is 8.40. The molecule has 1 saturated heterocycles. The van der Waals surface area contributed by atoms with Gasteiger partial charge in [-0.25, -0.2) is 4.68 Å². The smallest absolute Gasteiger partial charge is 0.225 e. The first-order valence-electron chi connectivity index (χ1n) is 10.4. The second-order valence-corrected chi connectivity index (χ2v) is 8.44. The molecule has 144 valence electrons. The van der Waals surface area contributed by atoms with Crippen LogP contribution in [0, 0.1) is 10.7 Å². The molecular formula is C19H31N5OS. The van der Waals surface area contributed by atoms with Gasteiger partial charge < -0.3 is 9.47 Å². The minimum Gasteiger partial charge on any atom is -0.340 e. The summed E-state index contributed by atoms with van der Waals surface area (Å²) in [5.74, 6) is 2.46. The van der Waals surface area contributed by atoms with E-state index in [-0.39, 0.29) is 5.92 Å². The maximum absolute atomic E-state index is 12.7. The van der Waals surface area contributed by atoms with Gasteiger partial charge in [0.2, 0.25) is 5.91 Å². The van der Waals surface area contributed by atoms with E-state index < -0.39 is 0 Å². The number of carbonyl (C=O) groups excluding carboxylic acids is 1. The van der Waals surface area contributed by atoms with Crippen molar-refractivity contribution in [3.63, 3.8) is 0 Å². The van der Waals surface area contributed by atoms with Crippen molar-refractivity contribution in [2.45, 2.75) is 71.0 Å². The predicted octanol–water partition coefficient (Wildman–Crippen LogP) is 2.99. The van der Waals surface area contributed by atoms with Gasteiger partial charge in [-0.1, -0.05) is 19.3 Å². The molecule has 2 saturated carbocycles. The third-order valence-electron chi connectivity index (χ3n) is 6.18. The molecule has 0 spiro atoms. The van der Waals surface area contributed by atoms with Crippen LogP contribution in [-0.4, -0.2) is 56.2 Å². The molecule has 3 aliphatic rings. The summed E-state index contributed by atoms with van der Waals surface area (Å²) >= 11 is 5.65. The zero-order valence-electron chi connectivity index (χ0n) is 15.9. The maximum atomic E-state index is 12.7. The molecule has 26 heavy (non-hydrogen) atoms. The number of hydrogen-bond donors (Lipinski definition) is 0. The van der Waals surface area contributed by atoms with Crippen molar-refractivity contribution in [1.82, 2.24) is 24.1 Å². The van der Waals surface area contributed by atoms with E-state index in [0.717, 1.165) is 57.0 Å². The lowest BCUT2D eigenvalue weighted by atomic mass is 9.88. The summed E-state index contributed by atoms with van der Waals surface area (Å²) in [6, 6.07) is 0. The van der Waals surface area contributed by atoms with E-state index in [4.69, 9.17) is 17.3 Å². The van der Waals surface area contributed by atoms with E-state index in [1.54, 1.807) is 0 Å². The quantitative estimate of drug-likeness (QED) is 0.740. The number of aromatic nitrogens is 3. The minimum atomic E-state index is 0.283. The number of rotatable bonds is 5. The molecule has 1 amide bonds. The van der Waals surface area contributed by atoms with Crippen LogP contribution >= 0.6 is 12.2 Å². The first-order chi connectivity index (χ1) is 12.7. The highest BCUT2D eigenvalue weighted by molar-refractivity contribution is 7.71. The van der Waals surface area contributed by atoms with Gasteiger partial charge in [-0.15, -0.1) is 0 Å². The standard InChI is InChI=1S/C19H31N5OS/c1-2-23-17(15-8-9-15)20-24(19(23)26)14-21-10-12-22(13-11-21)18(25)16-6-4-3-5-7-16/h15-16H,2-14H2,1H3. The number of piperazine rings is 1.